The number of cyclic esters (lactones) is 1. The van der Waals surface area contributed by atoms with E-state index in [0.717, 1.165) is 43.2 Å². The predicted octanol–water partition coefficient (Wildman–Crippen LogP) is 4.38. The van der Waals surface area contributed by atoms with Crippen molar-refractivity contribution in [3.05, 3.63) is 53.3 Å². The molecule has 7 aliphatic rings. The molecule has 4 unspecified atom stereocenters. The van der Waals surface area contributed by atoms with Gasteiger partial charge in [0, 0.05) is 29.9 Å². The Morgan fingerprint density at radius 3 is 2.26 bits per heavy atom. The number of fused-ring (bicyclic) bond motifs is 5. The molecule has 4 saturated carbocycles. The predicted molar refractivity (Wildman–Crippen MR) is 192 cm³/mol. The number of aliphatic hydroxyl groups excluding tert-OH is 4. The molecular weight excluding hydrogens is 680 g/mol. The monoisotopic (exact) mass is 738 g/mol. The first-order valence-electron chi connectivity index (χ1n) is 20.0. The number of allylic oxidation sites excluding steroid dienone is 1. The third kappa shape index (κ3) is 6.36. The summed E-state index contributed by atoms with van der Waals surface area (Å²) in [6.45, 7) is 7.92. The zero-order valence-corrected chi connectivity index (χ0v) is 31.4. The van der Waals surface area contributed by atoms with E-state index in [1.807, 2.05) is 50.3 Å². The van der Waals surface area contributed by atoms with Gasteiger partial charge in [0.25, 0.3) is 0 Å². The van der Waals surface area contributed by atoms with Crippen LogP contribution in [-0.2, 0) is 28.5 Å². The van der Waals surface area contributed by atoms with E-state index < -0.39 is 72.3 Å². The molecule has 8 rings (SSSR count). The van der Waals surface area contributed by atoms with Crippen LogP contribution < -0.4 is 0 Å². The Hall–Kier alpha value is -2.19. The molecule has 17 atom stereocenters. The number of carbonyl (C=O) groups is 1. The molecule has 3 heterocycles. The smallest absolute Gasteiger partial charge is 0.336 e. The summed E-state index contributed by atoms with van der Waals surface area (Å²) in [4.78, 5) is 12.6. The van der Waals surface area contributed by atoms with Gasteiger partial charge in [-0.05, 0) is 106 Å². The van der Waals surface area contributed by atoms with Crippen molar-refractivity contribution in [3.63, 3.8) is 0 Å². The van der Waals surface area contributed by atoms with Gasteiger partial charge in [-0.2, -0.15) is 0 Å². The molecule has 1 aromatic rings. The second kappa shape index (κ2) is 14.1. The van der Waals surface area contributed by atoms with Crippen molar-refractivity contribution < 1.29 is 54.0 Å². The van der Waals surface area contributed by atoms with Crippen molar-refractivity contribution >= 4 is 12.0 Å². The summed E-state index contributed by atoms with van der Waals surface area (Å²) in [7, 11) is 0. The number of ether oxygens (including phenoxy) is 5. The number of hydrogen-bond donors (Lipinski definition) is 5. The lowest BCUT2D eigenvalue weighted by Gasteiger charge is -2.65. The molecule has 11 heteroatoms. The molecule has 292 valence electrons. The molecule has 3 aliphatic heterocycles. The summed E-state index contributed by atoms with van der Waals surface area (Å²) >= 11 is 0. The van der Waals surface area contributed by atoms with E-state index in [0.29, 0.717) is 30.9 Å². The highest BCUT2D eigenvalue weighted by molar-refractivity contribution is 5.90. The zero-order valence-electron chi connectivity index (χ0n) is 31.4. The minimum atomic E-state index is -1.08. The van der Waals surface area contributed by atoms with Crippen LogP contribution in [0, 0.1) is 34.5 Å². The van der Waals surface area contributed by atoms with Crippen LogP contribution in [0.2, 0.25) is 0 Å². The van der Waals surface area contributed by atoms with Gasteiger partial charge >= 0.3 is 5.97 Å². The van der Waals surface area contributed by atoms with Crippen molar-refractivity contribution in [3.8, 4) is 0 Å². The molecule has 0 amide bonds. The fourth-order valence-corrected chi connectivity index (χ4v) is 12.1. The lowest BCUT2D eigenvalue weighted by Crippen LogP contribution is -2.67. The average Bonchev–Trinajstić information content (AvgIpc) is 3.61. The number of rotatable bonds is 6. The Kier molecular flexibility index (Phi) is 10.0. The maximum atomic E-state index is 12.9. The molecular formula is C42H58O11. The molecule has 6 fully saturated rings. The summed E-state index contributed by atoms with van der Waals surface area (Å²) in [5.74, 6) is 0.446. The number of aliphatic hydroxyl groups is 5. The average molecular weight is 739 g/mol. The van der Waals surface area contributed by atoms with Gasteiger partial charge in [-0.15, -0.1) is 0 Å². The van der Waals surface area contributed by atoms with Gasteiger partial charge in [-0.1, -0.05) is 44.2 Å². The molecule has 0 aromatic heterocycles. The van der Waals surface area contributed by atoms with Crippen molar-refractivity contribution in [2.24, 2.45) is 34.5 Å². The van der Waals surface area contributed by atoms with Gasteiger partial charge in [-0.25, -0.2) is 4.79 Å². The Labute approximate surface area is 312 Å². The highest BCUT2D eigenvalue weighted by atomic mass is 16.7. The van der Waals surface area contributed by atoms with Crippen LogP contribution in [0.5, 0.6) is 0 Å². The Bertz CT molecular complexity index is 1560. The molecule has 5 N–H and O–H groups in total. The van der Waals surface area contributed by atoms with Crippen LogP contribution in [0.1, 0.15) is 97.5 Å². The largest absolute Gasteiger partial charge is 0.423 e. The fourth-order valence-electron chi connectivity index (χ4n) is 12.1. The van der Waals surface area contributed by atoms with Gasteiger partial charge in [-0.3, -0.25) is 0 Å². The van der Waals surface area contributed by atoms with Gasteiger partial charge in [0.05, 0.1) is 42.2 Å². The lowest BCUT2D eigenvalue weighted by molar-refractivity contribution is -0.318. The fraction of sp³-hybridized carbons (Fsp3) is 0.738. The maximum Gasteiger partial charge on any atom is 0.336 e. The summed E-state index contributed by atoms with van der Waals surface area (Å²) in [5, 5.41) is 56.3. The van der Waals surface area contributed by atoms with Gasteiger partial charge in [0.2, 0.25) is 0 Å². The lowest BCUT2D eigenvalue weighted by atomic mass is 9.42. The van der Waals surface area contributed by atoms with Crippen LogP contribution in [0.4, 0.5) is 0 Å². The van der Waals surface area contributed by atoms with E-state index >= 15 is 0 Å². The molecule has 11 nitrogen and oxygen atoms in total. The highest BCUT2D eigenvalue weighted by Gasteiger charge is 2.71. The molecule has 0 radical (unpaired) electrons. The molecule has 0 bridgehead atoms. The molecule has 53 heavy (non-hydrogen) atoms. The second-order valence-electron chi connectivity index (χ2n) is 17.8. The number of carbonyl (C=O) groups excluding carboxylic acids is 1. The molecule has 2 saturated heterocycles. The first-order chi connectivity index (χ1) is 25.2. The van der Waals surface area contributed by atoms with E-state index in [1.165, 1.54) is 0 Å². The SMILES string of the molecule is CC1O[C@H](OC2C(C)O[C@@H](O[C@H]3CC[C@@]4(C)[C@H](CC[C@@H]5[C@@H]4C[C@@H](O)[C@]4(C)[C@@H](C6=CC(=O)O/C6=C\c6ccccc6)CC[C@]54O)C3)C[C@H]2O)C[C@@H](O)C1O. The minimum Gasteiger partial charge on any atom is -0.423 e. The van der Waals surface area contributed by atoms with E-state index in [-0.39, 0.29) is 42.1 Å². The van der Waals surface area contributed by atoms with Crippen molar-refractivity contribution in [2.75, 3.05) is 0 Å². The molecule has 1 aromatic carbocycles. The molecule has 0 spiro atoms. The van der Waals surface area contributed by atoms with E-state index in [9.17, 15) is 30.3 Å². The van der Waals surface area contributed by atoms with Gasteiger partial charge < -0.3 is 49.2 Å². The van der Waals surface area contributed by atoms with Gasteiger partial charge in [0.15, 0.2) is 12.6 Å². The normalized spacial score (nSPS) is 50.5. The summed E-state index contributed by atoms with van der Waals surface area (Å²) in [5.41, 5.74) is -0.265. The third-order valence-electron chi connectivity index (χ3n) is 15.1. The minimum absolute atomic E-state index is 0.0370. The Balaban J connectivity index is 0.920. The van der Waals surface area contributed by atoms with Crippen LogP contribution in [0.3, 0.4) is 0 Å². The first-order valence-corrected chi connectivity index (χ1v) is 20.0. The summed E-state index contributed by atoms with van der Waals surface area (Å²) in [6, 6.07) is 9.77. The first kappa shape index (κ1) is 37.7. The Morgan fingerprint density at radius 2 is 1.53 bits per heavy atom. The summed E-state index contributed by atoms with van der Waals surface area (Å²) in [6.07, 6.45) is 3.45. The highest BCUT2D eigenvalue weighted by Crippen LogP contribution is 2.70. The zero-order chi connectivity index (χ0) is 37.4. The number of esters is 1. The van der Waals surface area contributed by atoms with Crippen LogP contribution >= 0.6 is 0 Å². The van der Waals surface area contributed by atoms with Gasteiger partial charge in [0.1, 0.15) is 18.0 Å². The standard InChI is InChI=1S/C42H58O11/c1-22-38(47)31(43)20-37(49-22)53-39-23(2)50-36(21-32(39)44)51-26-12-14-40(3)25(17-26)10-11-29-30(40)19-34(45)41(4)28(13-15-42(29,41)48)27-18-35(46)52-33(27)16-24-8-6-5-7-9-24/h5-9,16,18,22-23,25-26,28-32,34,36-39,43-45,47-48H,10-15,17,19-21H2,1-4H3/b33-16-/t22?,23?,25-,26+,28-,29-,30+,31-,32-,34-,36+,37-,38?,39?,40+,41+,42+/m1/s1. The summed E-state index contributed by atoms with van der Waals surface area (Å²) < 4.78 is 30.3. The second-order valence-corrected chi connectivity index (χ2v) is 17.8. The quantitative estimate of drug-likeness (QED) is 0.208. The van der Waals surface area contributed by atoms with Crippen LogP contribution in [0.15, 0.2) is 47.7 Å². The van der Waals surface area contributed by atoms with Crippen molar-refractivity contribution in [1.29, 1.82) is 0 Å². The van der Waals surface area contributed by atoms with Crippen LogP contribution in [0.25, 0.3) is 6.08 Å². The maximum absolute atomic E-state index is 12.9. The van der Waals surface area contributed by atoms with E-state index in [2.05, 4.69) is 6.92 Å². The van der Waals surface area contributed by atoms with E-state index in [1.54, 1.807) is 13.0 Å². The number of benzene rings is 1. The number of hydrogen-bond acceptors (Lipinski definition) is 11. The molecule has 4 aliphatic carbocycles. The Morgan fingerprint density at radius 1 is 0.811 bits per heavy atom. The van der Waals surface area contributed by atoms with Crippen LogP contribution in [-0.4, -0.2) is 98.5 Å². The third-order valence-corrected chi connectivity index (χ3v) is 15.1. The van der Waals surface area contributed by atoms with Crippen molar-refractivity contribution in [2.45, 2.75) is 159 Å². The topological polar surface area (TPSA) is 164 Å². The van der Waals surface area contributed by atoms with Crippen molar-refractivity contribution in [1.82, 2.24) is 0 Å². The van der Waals surface area contributed by atoms with E-state index in [4.69, 9.17) is 23.7 Å².